The zero-order valence-electron chi connectivity index (χ0n) is 10.7. The van der Waals surface area contributed by atoms with Gasteiger partial charge in [0.15, 0.2) is 0 Å². The largest absolute Gasteiger partial charge is 0.478 e. The van der Waals surface area contributed by atoms with E-state index in [1.807, 2.05) is 0 Å². The number of carbonyl (C=O) groups is 1. The van der Waals surface area contributed by atoms with Crippen molar-refractivity contribution in [2.45, 2.75) is 6.10 Å². The van der Waals surface area contributed by atoms with Crippen molar-refractivity contribution in [3.05, 3.63) is 28.2 Å². The monoisotopic (exact) mass is 328 g/mol. The fourth-order valence-electron chi connectivity index (χ4n) is 2.06. The average molecular weight is 329 g/mol. The van der Waals surface area contributed by atoms with Gasteiger partial charge in [0.25, 0.3) is 0 Å². The number of halogens is 1. The van der Waals surface area contributed by atoms with E-state index in [9.17, 15) is 4.79 Å². The Bertz CT molecular complexity index is 467. The van der Waals surface area contributed by atoms with Gasteiger partial charge in [0, 0.05) is 29.8 Å². The molecule has 5 nitrogen and oxygen atoms in total. The number of hydrogen-bond donors (Lipinski definition) is 2. The first-order chi connectivity index (χ1) is 9.06. The summed E-state index contributed by atoms with van der Waals surface area (Å²) in [4.78, 5) is 13.3. The van der Waals surface area contributed by atoms with Crippen molar-refractivity contribution >= 4 is 27.6 Å². The summed E-state index contributed by atoms with van der Waals surface area (Å²) in [6, 6.07) is 5.08. The summed E-state index contributed by atoms with van der Waals surface area (Å²) in [5.74, 6) is -0.934. The number of aromatic carboxylic acids is 1. The van der Waals surface area contributed by atoms with E-state index in [2.05, 4.69) is 33.2 Å². The van der Waals surface area contributed by atoms with Crippen LogP contribution in [0.5, 0.6) is 0 Å². The number of nitrogens with one attached hydrogen (secondary N) is 1. The van der Waals surface area contributed by atoms with Crippen LogP contribution < -0.4 is 5.32 Å². The summed E-state index contributed by atoms with van der Waals surface area (Å²) in [7, 11) is 2.05. The molecule has 0 saturated carbocycles. The molecule has 2 rings (SSSR count). The number of benzene rings is 1. The van der Waals surface area contributed by atoms with Crippen LogP contribution in [0, 0.1) is 0 Å². The van der Waals surface area contributed by atoms with Crippen molar-refractivity contribution in [1.82, 2.24) is 4.90 Å². The molecular weight excluding hydrogens is 312 g/mol. The summed E-state index contributed by atoms with van der Waals surface area (Å²) < 4.78 is 6.49. The first-order valence-corrected chi connectivity index (χ1v) is 6.92. The lowest BCUT2D eigenvalue weighted by Crippen LogP contribution is -2.43. The average Bonchev–Trinajstić information content (AvgIpc) is 2.36. The Morgan fingerprint density at radius 2 is 2.42 bits per heavy atom. The second-order valence-electron chi connectivity index (χ2n) is 4.63. The number of hydrogen-bond acceptors (Lipinski definition) is 4. The van der Waals surface area contributed by atoms with Crippen LogP contribution in [-0.4, -0.2) is 55.4 Å². The van der Waals surface area contributed by atoms with Crippen LogP contribution in [0.3, 0.4) is 0 Å². The second kappa shape index (κ2) is 6.36. The maximum atomic E-state index is 11.1. The van der Waals surface area contributed by atoms with Crippen molar-refractivity contribution in [2.24, 2.45) is 0 Å². The third-order valence-electron chi connectivity index (χ3n) is 3.07. The number of rotatable bonds is 4. The summed E-state index contributed by atoms with van der Waals surface area (Å²) in [5, 5.41) is 12.3. The molecule has 0 amide bonds. The molecule has 0 spiro atoms. The van der Waals surface area contributed by atoms with E-state index in [-0.39, 0.29) is 11.7 Å². The molecule has 1 aromatic carbocycles. The van der Waals surface area contributed by atoms with Gasteiger partial charge < -0.3 is 20.1 Å². The molecule has 6 heteroatoms. The van der Waals surface area contributed by atoms with E-state index in [4.69, 9.17) is 9.84 Å². The van der Waals surface area contributed by atoms with Gasteiger partial charge in [-0.2, -0.15) is 0 Å². The fourth-order valence-corrected chi connectivity index (χ4v) is 2.42. The van der Waals surface area contributed by atoms with Gasteiger partial charge in [-0.1, -0.05) is 15.9 Å². The van der Waals surface area contributed by atoms with Crippen molar-refractivity contribution in [3.63, 3.8) is 0 Å². The highest BCUT2D eigenvalue weighted by Gasteiger charge is 2.18. The standard InChI is InChI=1S/C13H17BrN2O3/c1-16-4-5-19-10(8-16)7-15-12-6-9(14)2-3-11(12)13(17)18/h2-3,6,10,15H,4-5,7-8H2,1H3,(H,17,18). The van der Waals surface area contributed by atoms with Gasteiger partial charge in [-0.3, -0.25) is 0 Å². The number of carboxylic acid groups (broad SMARTS) is 1. The van der Waals surface area contributed by atoms with E-state index in [0.29, 0.717) is 18.8 Å². The Labute approximate surface area is 120 Å². The molecule has 104 valence electrons. The second-order valence-corrected chi connectivity index (χ2v) is 5.55. The number of anilines is 1. The SMILES string of the molecule is CN1CCOC(CNc2cc(Br)ccc2C(=O)O)C1. The molecule has 0 bridgehead atoms. The molecule has 19 heavy (non-hydrogen) atoms. The van der Waals surface area contributed by atoms with Gasteiger partial charge in [0.2, 0.25) is 0 Å². The summed E-state index contributed by atoms with van der Waals surface area (Å²) in [6.07, 6.45) is 0.0828. The van der Waals surface area contributed by atoms with Crippen LogP contribution in [0.2, 0.25) is 0 Å². The van der Waals surface area contributed by atoms with Gasteiger partial charge in [0.1, 0.15) is 0 Å². The number of ether oxygens (including phenoxy) is 1. The topological polar surface area (TPSA) is 61.8 Å². The van der Waals surface area contributed by atoms with E-state index >= 15 is 0 Å². The maximum Gasteiger partial charge on any atom is 0.337 e. The van der Waals surface area contributed by atoms with Crippen molar-refractivity contribution in [2.75, 3.05) is 38.6 Å². The van der Waals surface area contributed by atoms with Gasteiger partial charge >= 0.3 is 5.97 Å². The molecule has 1 aliphatic rings. The molecule has 1 aromatic rings. The predicted octanol–water partition coefficient (Wildman–Crippen LogP) is 1.89. The predicted molar refractivity (Wildman–Crippen MR) is 76.8 cm³/mol. The highest BCUT2D eigenvalue weighted by molar-refractivity contribution is 9.10. The molecule has 1 atom stereocenters. The van der Waals surface area contributed by atoms with Gasteiger partial charge in [-0.25, -0.2) is 4.79 Å². The Kier molecular flexibility index (Phi) is 4.79. The van der Waals surface area contributed by atoms with Crippen molar-refractivity contribution in [3.8, 4) is 0 Å². The van der Waals surface area contributed by atoms with E-state index in [1.54, 1.807) is 18.2 Å². The molecule has 0 aliphatic carbocycles. The van der Waals surface area contributed by atoms with Crippen LogP contribution >= 0.6 is 15.9 Å². The normalized spacial score (nSPS) is 20.2. The molecule has 1 heterocycles. The smallest absolute Gasteiger partial charge is 0.337 e. The van der Waals surface area contributed by atoms with Crippen LogP contribution in [0.4, 0.5) is 5.69 Å². The van der Waals surface area contributed by atoms with Gasteiger partial charge in [-0.15, -0.1) is 0 Å². The number of carboxylic acids is 1. The Balaban J connectivity index is 2.02. The molecule has 1 aliphatic heterocycles. The number of morpholine rings is 1. The lowest BCUT2D eigenvalue weighted by molar-refractivity contribution is -0.0117. The molecular formula is C13H17BrN2O3. The first-order valence-electron chi connectivity index (χ1n) is 6.13. The summed E-state index contributed by atoms with van der Waals surface area (Å²) >= 11 is 3.35. The Morgan fingerprint density at radius 3 is 3.11 bits per heavy atom. The van der Waals surface area contributed by atoms with E-state index < -0.39 is 5.97 Å². The molecule has 2 N–H and O–H groups in total. The Hall–Kier alpha value is -1.11. The summed E-state index contributed by atoms with van der Waals surface area (Å²) in [5.41, 5.74) is 0.881. The molecule has 1 fully saturated rings. The van der Waals surface area contributed by atoms with Crippen LogP contribution in [0.15, 0.2) is 22.7 Å². The zero-order valence-corrected chi connectivity index (χ0v) is 12.3. The lowest BCUT2D eigenvalue weighted by atomic mass is 10.1. The highest BCUT2D eigenvalue weighted by Crippen LogP contribution is 2.21. The molecule has 1 unspecified atom stereocenters. The zero-order chi connectivity index (χ0) is 13.8. The molecule has 1 saturated heterocycles. The third kappa shape index (κ3) is 3.92. The minimum absolute atomic E-state index is 0.0828. The maximum absolute atomic E-state index is 11.1. The van der Waals surface area contributed by atoms with Crippen LogP contribution in [0.25, 0.3) is 0 Å². The minimum atomic E-state index is -0.934. The van der Waals surface area contributed by atoms with Crippen LogP contribution in [0.1, 0.15) is 10.4 Å². The summed E-state index contributed by atoms with van der Waals surface area (Å²) in [6.45, 7) is 3.10. The van der Waals surface area contributed by atoms with Gasteiger partial charge in [0.05, 0.1) is 18.3 Å². The van der Waals surface area contributed by atoms with E-state index in [1.165, 1.54) is 0 Å². The van der Waals surface area contributed by atoms with Crippen molar-refractivity contribution in [1.29, 1.82) is 0 Å². The third-order valence-corrected chi connectivity index (χ3v) is 3.57. The highest BCUT2D eigenvalue weighted by atomic mass is 79.9. The molecule has 0 aromatic heterocycles. The van der Waals surface area contributed by atoms with Crippen LogP contribution in [-0.2, 0) is 4.74 Å². The van der Waals surface area contributed by atoms with Gasteiger partial charge in [-0.05, 0) is 25.2 Å². The fraction of sp³-hybridized carbons (Fsp3) is 0.462. The first kappa shape index (κ1) is 14.3. The van der Waals surface area contributed by atoms with Crippen molar-refractivity contribution < 1.29 is 14.6 Å². The number of likely N-dealkylation sites (N-methyl/N-ethyl adjacent to an activating group) is 1. The van der Waals surface area contributed by atoms with E-state index in [0.717, 1.165) is 17.6 Å². The quantitative estimate of drug-likeness (QED) is 0.883. The number of nitrogens with zero attached hydrogens (tertiary/aromatic N) is 1. The Morgan fingerprint density at radius 1 is 1.63 bits per heavy atom. The molecule has 0 radical (unpaired) electrons. The lowest BCUT2D eigenvalue weighted by Gasteiger charge is -2.30. The minimum Gasteiger partial charge on any atom is -0.478 e.